The number of rotatable bonds is 4. The second-order valence-corrected chi connectivity index (χ2v) is 4.08. The molecule has 0 spiro atoms. The summed E-state index contributed by atoms with van der Waals surface area (Å²) in [6.07, 6.45) is 1.54. The predicted molar refractivity (Wildman–Crippen MR) is 65.6 cm³/mol. The number of hydrogen-bond acceptors (Lipinski definition) is 4. The zero-order valence-corrected chi connectivity index (χ0v) is 10.00. The van der Waals surface area contributed by atoms with Crippen molar-refractivity contribution in [3.63, 3.8) is 0 Å². The summed E-state index contributed by atoms with van der Waals surface area (Å²) in [5.74, 6) is 1.55. The lowest BCUT2D eigenvalue weighted by molar-refractivity contribution is 0.282. The van der Waals surface area contributed by atoms with E-state index in [1.807, 2.05) is 22.9 Å². The van der Waals surface area contributed by atoms with Crippen molar-refractivity contribution in [2.75, 3.05) is 5.73 Å². The summed E-state index contributed by atoms with van der Waals surface area (Å²) in [5, 5.41) is 4.15. The van der Waals surface area contributed by atoms with Crippen LogP contribution in [0.15, 0.2) is 30.6 Å². The zero-order chi connectivity index (χ0) is 12.3. The molecule has 5 nitrogen and oxygen atoms in total. The van der Waals surface area contributed by atoms with Gasteiger partial charge < -0.3 is 10.5 Å². The van der Waals surface area contributed by atoms with E-state index in [0.29, 0.717) is 12.3 Å². The van der Waals surface area contributed by atoms with Crippen LogP contribution in [0.1, 0.15) is 25.7 Å². The third-order valence-electron chi connectivity index (χ3n) is 2.36. The van der Waals surface area contributed by atoms with Crippen molar-refractivity contribution < 1.29 is 4.74 Å². The lowest BCUT2D eigenvalue weighted by Gasteiger charge is -2.10. The van der Waals surface area contributed by atoms with E-state index in [2.05, 4.69) is 23.9 Å². The van der Waals surface area contributed by atoms with E-state index in [9.17, 15) is 0 Å². The Morgan fingerprint density at radius 3 is 2.94 bits per heavy atom. The van der Waals surface area contributed by atoms with Crippen LogP contribution in [0.25, 0.3) is 0 Å². The van der Waals surface area contributed by atoms with E-state index < -0.39 is 0 Å². The molecular formula is C12H16N4O. The van der Waals surface area contributed by atoms with Crippen molar-refractivity contribution in [3.8, 4) is 5.75 Å². The monoisotopic (exact) mass is 232 g/mol. The molecule has 2 rings (SSSR count). The van der Waals surface area contributed by atoms with E-state index in [0.717, 1.165) is 11.6 Å². The van der Waals surface area contributed by atoms with Crippen molar-refractivity contribution in [1.82, 2.24) is 14.8 Å². The van der Waals surface area contributed by atoms with Crippen LogP contribution in [0.5, 0.6) is 5.75 Å². The van der Waals surface area contributed by atoms with Crippen LogP contribution >= 0.6 is 0 Å². The van der Waals surface area contributed by atoms with Gasteiger partial charge in [0.1, 0.15) is 18.7 Å². The Kier molecular flexibility index (Phi) is 3.27. The van der Waals surface area contributed by atoms with Crippen molar-refractivity contribution in [3.05, 3.63) is 36.4 Å². The van der Waals surface area contributed by atoms with Gasteiger partial charge in [-0.15, -0.1) is 0 Å². The standard InChI is InChI=1S/C12H16N4O/c1-9(2)16-12(14-8-15-16)7-17-11-5-3-4-10(13)6-11/h3-6,8-9H,7,13H2,1-2H3. The average molecular weight is 232 g/mol. The van der Waals surface area contributed by atoms with Crippen LogP contribution in [0.4, 0.5) is 5.69 Å². The molecule has 2 aromatic rings. The molecule has 0 atom stereocenters. The highest BCUT2D eigenvalue weighted by Crippen LogP contribution is 2.16. The number of ether oxygens (including phenoxy) is 1. The molecule has 0 radical (unpaired) electrons. The van der Waals surface area contributed by atoms with Gasteiger partial charge in [-0.05, 0) is 26.0 Å². The minimum atomic E-state index is 0.275. The molecular weight excluding hydrogens is 216 g/mol. The third kappa shape index (κ3) is 2.75. The molecule has 0 aliphatic heterocycles. The second kappa shape index (κ2) is 4.86. The van der Waals surface area contributed by atoms with Crippen LogP contribution in [0, 0.1) is 0 Å². The van der Waals surface area contributed by atoms with Crippen molar-refractivity contribution in [2.45, 2.75) is 26.5 Å². The minimum Gasteiger partial charge on any atom is -0.486 e. The number of hydrogen-bond donors (Lipinski definition) is 1. The fourth-order valence-corrected chi connectivity index (χ4v) is 1.56. The van der Waals surface area contributed by atoms with Crippen molar-refractivity contribution in [1.29, 1.82) is 0 Å². The van der Waals surface area contributed by atoms with Crippen LogP contribution in [-0.2, 0) is 6.61 Å². The number of nitrogens with zero attached hydrogens (tertiary/aromatic N) is 3. The summed E-state index contributed by atoms with van der Waals surface area (Å²) >= 11 is 0. The lowest BCUT2D eigenvalue weighted by atomic mass is 10.3. The van der Waals surface area contributed by atoms with Gasteiger partial charge in [-0.1, -0.05) is 6.07 Å². The largest absolute Gasteiger partial charge is 0.486 e. The fraction of sp³-hybridized carbons (Fsp3) is 0.333. The first kappa shape index (κ1) is 11.4. The van der Waals surface area contributed by atoms with E-state index in [1.165, 1.54) is 6.33 Å². The number of nitrogen functional groups attached to an aromatic ring is 1. The molecule has 17 heavy (non-hydrogen) atoms. The minimum absolute atomic E-state index is 0.275. The number of anilines is 1. The van der Waals surface area contributed by atoms with Gasteiger partial charge in [0.15, 0.2) is 5.82 Å². The highest BCUT2D eigenvalue weighted by atomic mass is 16.5. The first-order valence-electron chi connectivity index (χ1n) is 5.53. The van der Waals surface area contributed by atoms with Crippen LogP contribution < -0.4 is 10.5 Å². The molecule has 0 fully saturated rings. The van der Waals surface area contributed by atoms with Gasteiger partial charge in [0.25, 0.3) is 0 Å². The SMILES string of the molecule is CC(C)n1ncnc1COc1cccc(N)c1. The lowest BCUT2D eigenvalue weighted by Crippen LogP contribution is -2.10. The molecule has 2 N–H and O–H groups in total. The van der Waals surface area contributed by atoms with Gasteiger partial charge in [0.2, 0.25) is 0 Å². The van der Waals surface area contributed by atoms with Gasteiger partial charge in [-0.2, -0.15) is 5.10 Å². The molecule has 0 aliphatic rings. The first-order chi connectivity index (χ1) is 8.16. The smallest absolute Gasteiger partial charge is 0.165 e. The molecule has 1 aromatic carbocycles. The predicted octanol–water partition coefficient (Wildman–Crippen LogP) is 2.02. The summed E-state index contributed by atoms with van der Waals surface area (Å²) in [6, 6.07) is 7.61. The van der Waals surface area contributed by atoms with Gasteiger partial charge in [0.05, 0.1) is 0 Å². The molecule has 0 aliphatic carbocycles. The maximum Gasteiger partial charge on any atom is 0.165 e. The zero-order valence-electron chi connectivity index (χ0n) is 10.00. The highest BCUT2D eigenvalue weighted by Gasteiger charge is 2.07. The van der Waals surface area contributed by atoms with E-state index >= 15 is 0 Å². The Morgan fingerprint density at radius 2 is 2.24 bits per heavy atom. The molecule has 0 saturated heterocycles. The molecule has 0 unspecified atom stereocenters. The number of nitrogens with two attached hydrogens (primary N) is 1. The summed E-state index contributed by atoms with van der Waals surface area (Å²) < 4.78 is 7.46. The molecule has 0 saturated carbocycles. The average Bonchev–Trinajstić information content (AvgIpc) is 2.74. The van der Waals surface area contributed by atoms with E-state index in [4.69, 9.17) is 10.5 Å². The Bertz CT molecular complexity index is 493. The Morgan fingerprint density at radius 1 is 1.41 bits per heavy atom. The fourth-order valence-electron chi connectivity index (χ4n) is 1.56. The van der Waals surface area contributed by atoms with E-state index in [-0.39, 0.29) is 6.04 Å². The summed E-state index contributed by atoms with van der Waals surface area (Å²) in [6.45, 7) is 4.50. The van der Waals surface area contributed by atoms with E-state index in [1.54, 1.807) is 6.07 Å². The second-order valence-electron chi connectivity index (χ2n) is 4.08. The quantitative estimate of drug-likeness (QED) is 0.819. The van der Waals surface area contributed by atoms with Gasteiger partial charge in [0, 0.05) is 17.8 Å². The molecule has 5 heteroatoms. The number of aromatic nitrogens is 3. The van der Waals surface area contributed by atoms with Gasteiger partial charge >= 0.3 is 0 Å². The maximum absolute atomic E-state index is 5.67. The van der Waals surface area contributed by atoms with Crippen LogP contribution in [-0.4, -0.2) is 14.8 Å². The highest BCUT2D eigenvalue weighted by molar-refractivity contribution is 5.43. The Hall–Kier alpha value is -2.04. The molecule has 1 aromatic heterocycles. The number of benzene rings is 1. The summed E-state index contributed by atoms with van der Waals surface area (Å²) in [7, 11) is 0. The molecule has 0 bridgehead atoms. The summed E-state index contributed by atoms with van der Waals surface area (Å²) in [4.78, 5) is 4.17. The van der Waals surface area contributed by atoms with Gasteiger partial charge in [-0.25, -0.2) is 9.67 Å². The van der Waals surface area contributed by atoms with Crippen molar-refractivity contribution in [2.24, 2.45) is 0 Å². The molecule has 90 valence electrons. The van der Waals surface area contributed by atoms with Crippen LogP contribution in [0.2, 0.25) is 0 Å². The summed E-state index contributed by atoms with van der Waals surface area (Å²) in [5.41, 5.74) is 6.36. The Labute approximate surface area is 100 Å². The topological polar surface area (TPSA) is 66.0 Å². The van der Waals surface area contributed by atoms with Crippen molar-refractivity contribution >= 4 is 5.69 Å². The molecule has 1 heterocycles. The van der Waals surface area contributed by atoms with Gasteiger partial charge in [-0.3, -0.25) is 0 Å². The normalized spacial score (nSPS) is 10.8. The Balaban J connectivity index is 2.05. The molecule has 0 amide bonds. The van der Waals surface area contributed by atoms with Crippen LogP contribution in [0.3, 0.4) is 0 Å². The first-order valence-corrected chi connectivity index (χ1v) is 5.53. The third-order valence-corrected chi connectivity index (χ3v) is 2.36. The maximum atomic E-state index is 5.67.